The monoisotopic (exact) mass is 232 g/mol. The van der Waals surface area contributed by atoms with E-state index in [-0.39, 0.29) is 12.5 Å². The van der Waals surface area contributed by atoms with E-state index in [1.807, 2.05) is 0 Å². The number of halogens is 3. The Morgan fingerprint density at radius 3 is 2.00 bits per heavy atom. The van der Waals surface area contributed by atoms with Crippen molar-refractivity contribution in [1.82, 2.24) is 0 Å². The van der Waals surface area contributed by atoms with Crippen LogP contribution in [0.4, 0.5) is 0 Å². The average molecular weight is 234 g/mol. The topological polar surface area (TPSA) is 20.2 Å². The first kappa shape index (κ1) is 12.8. The van der Waals surface area contributed by atoms with Crippen molar-refractivity contribution < 1.29 is 5.11 Å². The summed E-state index contributed by atoms with van der Waals surface area (Å²) in [5, 5.41) is 8.74. The third kappa shape index (κ3) is 5.47. The van der Waals surface area contributed by atoms with E-state index in [4.69, 9.17) is 39.9 Å². The van der Waals surface area contributed by atoms with Gasteiger partial charge in [0.05, 0.1) is 0 Å². The molecule has 0 aliphatic rings. The van der Waals surface area contributed by atoms with Crippen LogP contribution in [-0.4, -0.2) is 15.5 Å². The smallest absolute Gasteiger partial charge is 0.193 e. The number of aliphatic hydroxyl groups is 1. The maximum atomic E-state index is 8.74. The molecular formula is C8H15Cl3O. The lowest BCUT2D eigenvalue weighted by Crippen LogP contribution is -2.22. The molecule has 0 aromatic rings. The number of rotatable bonds is 4. The number of hydrogen-bond donors (Lipinski definition) is 1. The van der Waals surface area contributed by atoms with Gasteiger partial charge in [-0.05, 0) is 18.8 Å². The minimum absolute atomic E-state index is 0.0486. The van der Waals surface area contributed by atoms with Crippen LogP contribution in [0.25, 0.3) is 0 Å². The van der Waals surface area contributed by atoms with Gasteiger partial charge in [-0.3, -0.25) is 0 Å². The second kappa shape index (κ2) is 5.54. The van der Waals surface area contributed by atoms with Gasteiger partial charge in [-0.1, -0.05) is 48.7 Å². The Bertz CT molecular complexity index is 120. The Balaban J connectivity index is 4.04. The van der Waals surface area contributed by atoms with E-state index in [1.54, 1.807) is 0 Å². The first-order chi connectivity index (χ1) is 5.38. The summed E-state index contributed by atoms with van der Waals surface area (Å²) in [7, 11) is 0. The molecule has 0 aliphatic heterocycles. The molecular weight excluding hydrogens is 218 g/mol. The zero-order valence-electron chi connectivity index (χ0n) is 7.36. The van der Waals surface area contributed by atoms with Crippen LogP contribution in [0.3, 0.4) is 0 Å². The summed E-state index contributed by atoms with van der Waals surface area (Å²) in [6.07, 6.45) is 1.38. The molecule has 0 saturated heterocycles. The molecule has 0 fully saturated rings. The van der Waals surface area contributed by atoms with E-state index in [0.717, 1.165) is 6.42 Å². The fourth-order valence-corrected chi connectivity index (χ4v) is 1.73. The van der Waals surface area contributed by atoms with Crippen LogP contribution in [0.5, 0.6) is 0 Å². The highest BCUT2D eigenvalue weighted by Crippen LogP contribution is 2.40. The fourth-order valence-electron chi connectivity index (χ4n) is 1.14. The van der Waals surface area contributed by atoms with Crippen molar-refractivity contribution in [1.29, 1.82) is 0 Å². The summed E-state index contributed by atoms with van der Waals surface area (Å²) >= 11 is 17.2. The molecule has 0 spiro atoms. The SMILES string of the molecule is CC(C)CC(CCO)C(Cl)(Cl)Cl. The predicted molar refractivity (Wildman–Crippen MR) is 54.9 cm³/mol. The van der Waals surface area contributed by atoms with Crippen LogP contribution < -0.4 is 0 Å². The van der Waals surface area contributed by atoms with Crippen molar-refractivity contribution in [3.05, 3.63) is 0 Å². The minimum Gasteiger partial charge on any atom is -0.396 e. The molecule has 4 heteroatoms. The van der Waals surface area contributed by atoms with Gasteiger partial charge in [-0.25, -0.2) is 0 Å². The third-order valence-electron chi connectivity index (χ3n) is 1.70. The minimum atomic E-state index is -1.24. The van der Waals surface area contributed by atoms with Crippen LogP contribution in [0.2, 0.25) is 0 Å². The molecule has 0 aromatic carbocycles. The quantitative estimate of drug-likeness (QED) is 0.738. The molecule has 0 saturated carbocycles. The molecule has 12 heavy (non-hydrogen) atoms. The molecule has 1 atom stereocenters. The Morgan fingerprint density at radius 2 is 1.75 bits per heavy atom. The van der Waals surface area contributed by atoms with Crippen LogP contribution in [0.1, 0.15) is 26.7 Å². The molecule has 0 amide bonds. The summed E-state index contributed by atoms with van der Waals surface area (Å²) in [4.78, 5) is 0. The van der Waals surface area contributed by atoms with Crippen molar-refractivity contribution >= 4 is 34.8 Å². The lowest BCUT2D eigenvalue weighted by Gasteiger charge is -2.25. The van der Waals surface area contributed by atoms with Gasteiger partial charge < -0.3 is 5.11 Å². The molecule has 0 rings (SSSR count). The maximum Gasteiger partial charge on any atom is 0.193 e. The van der Waals surface area contributed by atoms with E-state index >= 15 is 0 Å². The Hall–Kier alpha value is 0.830. The van der Waals surface area contributed by atoms with Gasteiger partial charge in [-0.15, -0.1) is 0 Å². The molecule has 1 N–H and O–H groups in total. The maximum absolute atomic E-state index is 8.74. The molecule has 74 valence electrons. The summed E-state index contributed by atoms with van der Waals surface area (Å²) in [6, 6.07) is 0. The molecule has 0 aliphatic carbocycles. The zero-order valence-corrected chi connectivity index (χ0v) is 9.62. The number of alkyl halides is 3. The first-order valence-electron chi connectivity index (χ1n) is 4.05. The van der Waals surface area contributed by atoms with Crippen LogP contribution in [-0.2, 0) is 0 Å². The molecule has 0 aromatic heterocycles. The van der Waals surface area contributed by atoms with E-state index in [2.05, 4.69) is 13.8 Å². The highest BCUT2D eigenvalue weighted by atomic mass is 35.6. The van der Waals surface area contributed by atoms with E-state index in [1.165, 1.54) is 0 Å². The summed E-state index contributed by atoms with van der Waals surface area (Å²) < 4.78 is -1.24. The second-order valence-electron chi connectivity index (χ2n) is 3.38. The summed E-state index contributed by atoms with van der Waals surface area (Å²) in [6.45, 7) is 4.22. The van der Waals surface area contributed by atoms with Gasteiger partial charge in [0.2, 0.25) is 0 Å². The van der Waals surface area contributed by atoms with Gasteiger partial charge in [0.25, 0.3) is 0 Å². The van der Waals surface area contributed by atoms with Gasteiger partial charge >= 0.3 is 0 Å². The Labute approximate surface area is 89.0 Å². The van der Waals surface area contributed by atoms with Gasteiger partial charge in [-0.2, -0.15) is 0 Å². The van der Waals surface area contributed by atoms with Crippen molar-refractivity contribution in [2.45, 2.75) is 30.5 Å². The predicted octanol–water partition coefficient (Wildman–Crippen LogP) is 3.40. The number of hydrogen-bond acceptors (Lipinski definition) is 1. The molecule has 0 bridgehead atoms. The highest BCUT2D eigenvalue weighted by Gasteiger charge is 2.32. The van der Waals surface area contributed by atoms with Crippen molar-refractivity contribution in [2.24, 2.45) is 11.8 Å². The van der Waals surface area contributed by atoms with E-state index in [9.17, 15) is 0 Å². The molecule has 1 nitrogen and oxygen atoms in total. The molecule has 1 unspecified atom stereocenters. The Morgan fingerprint density at radius 1 is 1.25 bits per heavy atom. The lowest BCUT2D eigenvalue weighted by molar-refractivity contribution is 0.244. The van der Waals surface area contributed by atoms with Gasteiger partial charge in [0.1, 0.15) is 0 Å². The van der Waals surface area contributed by atoms with Gasteiger partial charge in [0, 0.05) is 12.5 Å². The lowest BCUT2D eigenvalue weighted by atomic mass is 9.96. The van der Waals surface area contributed by atoms with E-state index < -0.39 is 3.79 Å². The first-order valence-corrected chi connectivity index (χ1v) is 5.19. The van der Waals surface area contributed by atoms with Crippen LogP contribution in [0.15, 0.2) is 0 Å². The summed E-state index contributed by atoms with van der Waals surface area (Å²) in [5.74, 6) is 0.435. The molecule has 0 heterocycles. The van der Waals surface area contributed by atoms with Gasteiger partial charge in [0.15, 0.2) is 3.79 Å². The average Bonchev–Trinajstić information content (AvgIpc) is 1.83. The largest absolute Gasteiger partial charge is 0.396 e. The normalized spacial score (nSPS) is 15.2. The van der Waals surface area contributed by atoms with Crippen molar-refractivity contribution in [3.63, 3.8) is 0 Å². The summed E-state index contributed by atoms with van der Waals surface area (Å²) in [5.41, 5.74) is 0. The fraction of sp³-hybridized carbons (Fsp3) is 1.00. The highest BCUT2D eigenvalue weighted by molar-refractivity contribution is 6.67. The van der Waals surface area contributed by atoms with Crippen molar-refractivity contribution in [3.8, 4) is 0 Å². The zero-order chi connectivity index (χ0) is 9.78. The van der Waals surface area contributed by atoms with Crippen molar-refractivity contribution in [2.75, 3.05) is 6.61 Å². The third-order valence-corrected chi connectivity index (χ3v) is 2.62. The van der Waals surface area contributed by atoms with Crippen LogP contribution >= 0.6 is 34.8 Å². The second-order valence-corrected chi connectivity index (χ2v) is 5.75. The van der Waals surface area contributed by atoms with Crippen LogP contribution in [0, 0.1) is 11.8 Å². The standard InChI is InChI=1S/C8H15Cl3O/c1-6(2)5-7(3-4-12)8(9,10)11/h6-7,12H,3-5H2,1-2H3. The Kier molecular flexibility index (Phi) is 5.92. The number of aliphatic hydroxyl groups excluding tert-OH is 1. The van der Waals surface area contributed by atoms with E-state index in [0.29, 0.717) is 12.3 Å². The molecule has 0 radical (unpaired) electrons.